The first-order chi connectivity index (χ1) is 9.32. The lowest BCUT2D eigenvalue weighted by Crippen LogP contribution is -2.49. The van der Waals surface area contributed by atoms with E-state index in [1.165, 1.54) is 5.56 Å². The van der Waals surface area contributed by atoms with Crippen molar-refractivity contribution >= 4 is 5.91 Å². The molecule has 0 bridgehead atoms. The number of aliphatic hydroxyl groups excluding tert-OH is 1. The van der Waals surface area contributed by atoms with Crippen LogP contribution in [0.25, 0.3) is 0 Å². The van der Waals surface area contributed by atoms with Crippen molar-refractivity contribution in [1.82, 2.24) is 4.90 Å². The minimum Gasteiger partial charge on any atom is -0.484 e. The number of nitrogens with zero attached hydrogens (tertiary/aromatic N) is 1. The Morgan fingerprint density at radius 1 is 1.40 bits per heavy atom. The summed E-state index contributed by atoms with van der Waals surface area (Å²) in [7, 11) is 0. The van der Waals surface area contributed by atoms with Crippen molar-refractivity contribution in [3.63, 3.8) is 0 Å². The van der Waals surface area contributed by atoms with Crippen molar-refractivity contribution in [3.8, 4) is 5.75 Å². The molecule has 0 radical (unpaired) electrons. The quantitative estimate of drug-likeness (QED) is 0.920. The molecule has 20 heavy (non-hydrogen) atoms. The summed E-state index contributed by atoms with van der Waals surface area (Å²) in [6.45, 7) is 8.43. The third-order valence-electron chi connectivity index (χ3n) is 4.28. The van der Waals surface area contributed by atoms with Gasteiger partial charge in [-0.05, 0) is 57.4 Å². The Labute approximate surface area is 120 Å². The summed E-state index contributed by atoms with van der Waals surface area (Å²) in [6, 6.07) is 5.80. The van der Waals surface area contributed by atoms with Crippen LogP contribution >= 0.6 is 0 Å². The number of hydrogen-bond donors (Lipinski definition) is 1. The van der Waals surface area contributed by atoms with Crippen molar-refractivity contribution in [1.29, 1.82) is 0 Å². The van der Waals surface area contributed by atoms with Gasteiger partial charge in [0, 0.05) is 6.54 Å². The SMILES string of the molecule is Cc1ccc(OCC(=O)N2CC[C@@H](O)C2(C)C)cc1C. The molecule has 1 atom stereocenters. The molecule has 1 saturated heterocycles. The van der Waals surface area contributed by atoms with Crippen LogP contribution in [0.5, 0.6) is 5.75 Å². The molecule has 0 unspecified atom stereocenters. The highest BCUT2D eigenvalue weighted by Crippen LogP contribution is 2.29. The van der Waals surface area contributed by atoms with Gasteiger partial charge < -0.3 is 14.7 Å². The standard InChI is InChI=1S/C16H23NO3/c1-11-5-6-13(9-12(11)2)20-10-15(19)17-8-7-14(18)16(17,3)4/h5-6,9,14,18H,7-8,10H2,1-4H3/t14-/m1/s1. The Bertz CT molecular complexity index is 510. The summed E-state index contributed by atoms with van der Waals surface area (Å²) < 4.78 is 5.57. The molecule has 4 heteroatoms. The Balaban J connectivity index is 1.97. The van der Waals surface area contributed by atoms with Crippen LogP contribution in [0.4, 0.5) is 0 Å². The van der Waals surface area contributed by atoms with Gasteiger partial charge in [-0.3, -0.25) is 4.79 Å². The first kappa shape index (κ1) is 14.9. The molecule has 0 aliphatic carbocycles. The van der Waals surface area contributed by atoms with Gasteiger partial charge in [-0.1, -0.05) is 6.07 Å². The lowest BCUT2D eigenvalue weighted by atomic mass is 9.99. The van der Waals surface area contributed by atoms with Crippen LogP contribution in [0.15, 0.2) is 18.2 Å². The van der Waals surface area contributed by atoms with Crippen molar-refractivity contribution in [2.24, 2.45) is 0 Å². The van der Waals surface area contributed by atoms with Crippen LogP contribution in [-0.2, 0) is 4.79 Å². The largest absolute Gasteiger partial charge is 0.484 e. The number of amides is 1. The third kappa shape index (κ3) is 2.80. The minimum atomic E-state index is -0.510. The van der Waals surface area contributed by atoms with Gasteiger partial charge in [0.05, 0.1) is 11.6 Å². The predicted molar refractivity (Wildman–Crippen MR) is 77.8 cm³/mol. The second kappa shape index (κ2) is 5.44. The van der Waals surface area contributed by atoms with E-state index in [2.05, 4.69) is 0 Å². The third-order valence-corrected chi connectivity index (χ3v) is 4.28. The minimum absolute atomic E-state index is 0.0126. The van der Waals surface area contributed by atoms with Crippen molar-refractivity contribution in [2.45, 2.75) is 45.8 Å². The molecule has 110 valence electrons. The van der Waals surface area contributed by atoms with Gasteiger partial charge in [0.1, 0.15) is 5.75 Å². The number of benzene rings is 1. The number of carbonyl (C=O) groups is 1. The fraction of sp³-hybridized carbons (Fsp3) is 0.562. The predicted octanol–water partition coefficient (Wildman–Crippen LogP) is 2.05. The zero-order chi connectivity index (χ0) is 14.9. The van der Waals surface area contributed by atoms with E-state index in [-0.39, 0.29) is 12.5 Å². The molecule has 0 spiro atoms. The zero-order valence-corrected chi connectivity index (χ0v) is 12.6. The number of aliphatic hydroxyl groups is 1. The van der Waals surface area contributed by atoms with Crippen LogP contribution < -0.4 is 4.74 Å². The van der Waals surface area contributed by atoms with Crippen LogP contribution in [0.2, 0.25) is 0 Å². The average molecular weight is 277 g/mol. The maximum atomic E-state index is 12.2. The summed E-state index contributed by atoms with van der Waals surface area (Å²) in [5.41, 5.74) is 1.84. The second-order valence-corrected chi connectivity index (χ2v) is 6.04. The van der Waals surface area contributed by atoms with Crippen molar-refractivity contribution in [2.75, 3.05) is 13.2 Å². The van der Waals surface area contributed by atoms with E-state index in [1.807, 2.05) is 45.9 Å². The molecular weight excluding hydrogens is 254 g/mol. The van der Waals surface area contributed by atoms with Crippen molar-refractivity contribution in [3.05, 3.63) is 29.3 Å². The number of rotatable bonds is 3. The molecular formula is C16H23NO3. The van der Waals surface area contributed by atoms with E-state index < -0.39 is 11.6 Å². The molecule has 1 heterocycles. The molecule has 0 aromatic heterocycles. The van der Waals surface area contributed by atoms with Gasteiger partial charge in [0.2, 0.25) is 0 Å². The fourth-order valence-electron chi connectivity index (χ4n) is 2.55. The molecule has 2 rings (SSSR count). The number of ether oxygens (including phenoxy) is 1. The first-order valence-corrected chi connectivity index (χ1v) is 7.01. The Morgan fingerprint density at radius 2 is 2.10 bits per heavy atom. The van der Waals surface area contributed by atoms with E-state index in [1.54, 1.807) is 4.90 Å². The van der Waals surface area contributed by atoms with E-state index in [9.17, 15) is 9.90 Å². The molecule has 1 N–H and O–H groups in total. The van der Waals surface area contributed by atoms with E-state index in [4.69, 9.17) is 4.74 Å². The molecule has 1 amide bonds. The summed E-state index contributed by atoms with van der Waals surface area (Å²) in [4.78, 5) is 13.9. The zero-order valence-electron chi connectivity index (χ0n) is 12.6. The normalized spacial score (nSPS) is 21.1. The van der Waals surface area contributed by atoms with Crippen LogP contribution in [0.3, 0.4) is 0 Å². The van der Waals surface area contributed by atoms with E-state index >= 15 is 0 Å². The molecule has 1 aliphatic heterocycles. The van der Waals surface area contributed by atoms with Crippen molar-refractivity contribution < 1.29 is 14.6 Å². The average Bonchev–Trinajstić information content (AvgIpc) is 2.65. The highest BCUT2D eigenvalue weighted by atomic mass is 16.5. The Morgan fingerprint density at radius 3 is 2.65 bits per heavy atom. The van der Waals surface area contributed by atoms with Gasteiger partial charge >= 0.3 is 0 Å². The van der Waals surface area contributed by atoms with Gasteiger partial charge in [-0.25, -0.2) is 0 Å². The molecule has 1 aromatic carbocycles. The van der Waals surface area contributed by atoms with Crippen LogP contribution in [-0.4, -0.2) is 40.7 Å². The topological polar surface area (TPSA) is 49.8 Å². The molecule has 4 nitrogen and oxygen atoms in total. The van der Waals surface area contributed by atoms with Crippen LogP contribution in [0, 0.1) is 13.8 Å². The lowest BCUT2D eigenvalue weighted by molar-refractivity contribution is -0.138. The fourth-order valence-corrected chi connectivity index (χ4v) is 2.55. The summed E-state index contributed by atoms with van der Waals surface area (Å²) in [6.07, 6.45) is 0.163. The first-order valence-electron chi connectivity index (χ1n) is 7.01. The molecule has 1 aliphatic rings. The summed E-state index contributed by atoms with van der Waals surface area (Å²) in [5.74, 6) is 0.628. The lowest BCUT2D eigenvalue weighted by Gasteiger charge is -2.33. The Hall–Kier alpha value is -1.55. The number of hydrogen-bond acceptors (Lipinski definition) is 3. The maximum Gasteiger partial charge on any atom is 0.261 e. The van der Waals surface area contributed by atoms with Crippen LogP contribution in [0.1, 0.15) is 31.4 Å². The Kier molecular flexibility index (Phi) is 4.04. The highest BCUT2D eigenvalue weighted by Gasteiger charge is 2.42. The number of likely N-dealkylation sites (tertiary alicyclic amines) is 1. The summed E-state index contributed by atoms with van der Waals surface area (Å²) in [5, 5.41) is 9.89. The van der Waals surface area contributed by atoms with Gasteiger partial charge in [-0.15, -0.1) is 0 Å². The van der Waals surface area contributed by atoms with Gasteiger partial charge in [-0.2, -0.15) is 0 Å². The highest BCUT2D eigenvalue weighted by molar-refractivity contribution is 5.79. The monoisotopic (exact) mass is 277 g/mol. The van der Waals surface area contributed by atoms with E-state index in [0.29, 0.717) is 18.7 Å². The number of carbonyl (C=O) groups excluding carboxylic acids is 1. The molecule has 1 aromatic rings. The number of aryl methyl sites for hydroxylation is 2. The molecule has 0 saturated carbocycles. The van der Waals surface area contributed by atoms with Gasteiger partial charge in [0.15, 0.2) is 6.61 Å². The van der Waals surface area contributed by atoms with Gasteiger partial charge in [0.25, 0.3) is 5.91 Å². The van der Waals surface area contributed by atoms with E-state index in [0.717, 1.165) is 5.56 Å². The smallest absolute Gasteiger partial charge is 0.261 e. The maximum absolute atomic E-state index is 12.2. The molecule has 1 fully saturated rings. The second-order valence-electron chi connectivity index (χ2n) is 6.04. The summed E-state index contributed by atoms with van der Waals surface area (Å²) >= 11 is 0.